The molecule has 0 saturated carbocycles. The monoisotopic (exact) mass is 609 g/mol. The second-order valence-electron chi connectivity index (χ2n) is 13.4. The molecule has 1 aliphatic heterocycles. The van der Waals surface area contributed by atoms with E-state index in [1.54, 1.807) is 14.2 Å². The number of hydrogen-bond acceptors (Lipinski definition) is 5. The molecule has 0 bridgehead atoms. The van der Waals surface area contributed by atoms with Gasteiger partial charge in [-0.1, -0.05) is 96.5 Å². The van der Waals surface area contributed by atoms with E-state index in [1.807, 2.05) is 19.1 Å². The molecule has 0 unspecified atom stereocenters. The number of hydrogen-bond donors (Lipinski definition) is 2. The second kappa shape index (κ2) is 19.2. The highest BCUT2D eigenvalue weighted by molar-refractivity contribution is 5.59. The standard InChI is InChI=1S/C39H63NO4/c1-7-8-9-10-11-12-13-14-15-16-17-18-19-20-25-39(4)26-23-33-34(37(41)30(2)31(3)38(33)44-39)29-40-27-24-32-21-22-35(42-5)36(28-32)43-6/h21-22,28,40-41H,7-20,23-27,29H2,1-6H3/t39-/m1/s1. The first-order valence-corrected chi connectivity index (χ1v) is 17.8. The Labute approximate surface area is 269 Å². The molecule has 3 rings (SSSR count). The molecule has 1 heterocycles. The van der Waals surface area contributed by atoms with E-state index in [9.17, 15) is 5.11 Å². The maximum Gasteiger partial charge on any atom is 0.160 e. The van der Waals surface area contributed by atoms with Crippen LogP contribution < -0.4 is 19.5 Å². The minimum absolute atomic E-state index is 0.129. The Hall–Kier alpha value is -2.40. The van der Waals surface area contributed by atoms with Gasteiger partial charge in [-0.15, -0.1) is 0 Å². The van der Waals surface area contributed by atoms with Gasteiger partial charge >= 0.3 is 0 Å². The van der Waals surface area contributed by atoms with Crippen LogP contribution in [0.5, 0.6) is 23.0 Å². The summed E-state index contributed by atoms with van der Waals surface area (Å²) in [5.41, 5.74) is 5.25. The molecular formula is C39H63NO4. The fourth-order valence-electron chi connectivity index (χ4n) is 6.71. The van der Waals surface area contributed by atoms with Crippen LogP contribution in [0.3, 0.4) is 0 Å². The number of ether oxygens (including phenoxy) is 3. The van der Waals surface area contributed by atoms with Crippen molar-refractivity contribution >= 4 is 0 Å². The fourth-order valence-corrected chi connectivity index (χ4v) is 6.71. The van der Waals surface area contributed by atoms with Crippen LogP contribution >= 0.6 is 0 Å². The number of benzene rings is 2. The minimum atomic E-state index is -0.129. The zero-order chi connectivity index (χ0) is 31.8. The van der Waals surface area contributed by atoms with Crippen LogP contribution in [0.4, 0.5) is 0 Å². The lowest BCUT2D eigenvalue weighted by atomic mass is 9.84. The van der Waals surface area contributed by atoms with Gasteiger partial charge in [0, 0.05) is 17.7 Å². The van der Waals surface area contributed by atoms with Crippen LogP contribution in [0.2, 0.25) is 0 Å². The summed E-state index contributed by atoms with van der Waals surface area (Å²) in [5.74, 6) is 2.92. The van der Waals surface area contributed by atoms with Crippen LogP contribution in [0, 0.1) is 13.8 Å². The summed E-state index contributed by atoms with van der Waals surface area (Å²) >= 11 is 0. The van der Waals surface area contributed by atoms with Crippen molar-refractivity contribution < 1.29 is 19.3 Å². The van der Waals surface area contributed by atoms with E-state index in [4.69, 9.17) is 14.2 Å². The number of unbranched alkanes of at least 4 members (excludes halogenated alkanes) is 13. The average molecular weight is 610 g/mol. The first kappa shape index (κ1) is 36.1. The molecule has 2 N–H and O–H groups in total. The predicted molar refractivity (Wildman–Crippen MR) is 185 cm³/mol. The normalized spacial score (nSPS) is 16.0. The van der Waals surface area contributed by atoms with Crippen molar-refractivity contribution in [1.29, 1.82) is 0 Å². The molecule has 0 fully saturated rings. The summed E-state index contributed by atoms with van der Waals surface area (Å²) in [6, 6.07) is 6.06. The topological polar surface area (TPSA) is 60.0 Å². The number of aromatic hydroxyl groups is 1. The molecule has 0 spiro atoms. The van der Waals surface area contributed by atoms with E-state index >= 15 is 0 Å². The third-order valence-electron chi connectivity index (χ3n) is 9.83. The minimum Gasteiger partial charge on any atom is -0.507 e. The summed E-state index contributed by atoms with van der Waals surface area (Å²) in [6.45, 7) is 10.1. The van der Waals surface area contributed by atoms with Gasteiger partial charge in [-0.2, -0.15) is 0 Å². The molecule has 1 atom stereocenters. The lowest BCUT2D eigenvalue weighted by Gasteiger charge is -2.38. The molecule has 44 heavy (non-hydrogen) atoms. The Kier molecular flexibility index (Phi) is 15.7. The zero-order valence-electron chi connectivity index (χ0n) is 29.0. The van der Waals surface area contributed by atoms with Crippen molar-refractivity contribution in [3.63, 3.8) is 0 Å². The van der Waals surface area contributed by atoms with Crippen molar-refractivity contribution in [2.24, 2.45) is 0 Å². The van der Waals surface area contributed by atoms with Crippen molar-refractivity contribution in [1.82, 2.24) is 5.32 Å². The molecule has 0 radical (unpaired) electrons. The molecule has 0 saturated heterocycles. The van der Waals surface area contributed by atoms with Gasteiger partial charge in [0.05, 0.1) is 14.2 Å². The van der Waals surface area contributed by atoms with E-state index in [1.165, 1.54) is 101 Å². The van der Waals surface area contributed by atoms with Crippen molar-refractivity contribution in [3.05, 3.63) is 46.0 Å². The Morgan fingerprint density at radius 2 is 1.41 bits per heavy atom. The number of phenols is 1. The van der Waals surface area contributed by atoms with E-state index < -0.39 is 0 Å². The van der Waals surface area contributed by atoms with Crippen molar-refractivity contribution in [3.8, 4) is 23.0 Å². The molecule has 248 valence electrons. The lowest BCUT2D eigenvalue weighted by Crippen LogP contribution is -2.37. The number of nitrogens with one attached hydrogen (secondary N) is 1. The fraction of sp³-hybridized carbons (Fsp3) is 0.692. The second-order valence-corrected chi connectivity index (χ2v) is 13.4. The van der Waals surface area contributed by atoms with Crippen LogP contribution in [0.1, 0.15) is 144 Å². The third kappa shape index (κ3) is 10.9. The largest absolute Gasteiger partial charge is 0.507 e. The average Bonchev–Trinajstić information content (AvgIpc) is 3.03. The van der Waals surface area contributed by atoms with Crippen molar-refractivity contribution in [2.45, 2.75) is 155 Å². The molecule has 0 amide bonds. The summed E-state index contributed by atoms with van der Waals surface area (Å²) in [4.78, 5) is 0. The van der Waals surface area contributed by atoms with Crippen molar-refractivity contribution in [2.75, 3.05) is 20.8 Å². The molecule has 2 aromatic carbocycles. The number of phenolic OH excluding ortho intramolecular Hbond substituents is 1. The first-order valence-electron chi connectivity index (χ1n) is 17.8. The summed E-state index contributed by atoms with van der Waals surface area (Å²) in [7, 11) is 3.32. The smallest absolute Gasteiger partial charge is 0.160 e. The van der Waals surface area contributed by atoms with Gasteiger partial charge in [-0.05, 0) is 88.2 Å². The molecule has 0 aliphatic carbocycles. The molecule has 1 aliphatic rings. The van der Waals surface area contributed by atoms with Crippen LogP contribution in [0.25, 0.3) is 0 Å². The van der Waals surface area contributed by atoms with E-state index in [2.05, 4.69) is 32.2 Å². The number of methoxy groups -OCH3 is 2. The Bertz CT molecular complexity index is 1130. The zero-order valence-corrected chi connectivity index (χ0v) is 29.0. The SMILES string of the molecule is CCCCCCCCCCCCCCCC[C@]1(C)CCc2c(CNCCc3ccc(OC)c(OC)c3)c(O)c(C)c(C)c2O1. The quantitative estimate of drug-likeness (QED) is 0.130. The Morgan fingerprint density at radius 1 is 0.818 bits per heavy atom. The summed E-state index contributed by atoms with van der Waals surface area (Å²) < 4.78 is 17.6. The van der Waals surface area contributed by atoms with Crippen LogP contribution in [-0.4, -0.2) is 31.5 Å². The maximum absolute atomic E-state index is 11.1. The van der Waals surface area contributed by atoms with E-state index in [0.29, 0.717) is 12.3 Å². The maximum atomic E-state index is 11.1. The summed E-state index contributed by atoms with van der Waals surface area (Å²) in [5, 5.41) is 14.7. The molecule has 0 aromatic heterocycles. The summed E-state index contributed by atoms with van der Waals surface area (Å²) in [6.07, 6.45) is 23.3. The Balaban J connectivity index is 1.41. The number of rotatable bonds is 22. The Morgan fingerprint density at radius 3 is 2.00 bits per heavy atom. The van der Waals surface area contributed by atoms with Gasteiger partial charge in [0.1, 0.15) is 17.1 Å². The third-order valence-corrected chi connectivity index (χ3v) is 9.83. The highest BCUT2D eigenvalue weighted by atomic mass is 16.5. The van der Waals surface area contributed by atoms with Gasteiger partial charge in [0.2, 0.25) is 0 Å². The molecular weight excluding hydrogens is 546 g/mol. The molecule has 5 heteroatoms. The number of fused-ring (bicyclic) bond motifs is 1. The highest BCUT2D eigenvalue weighted by Gasteiger charge is 2.34. The van der Waals surface area contributed by atoms with Gasteiger partial charge in [-0.25, -0.2) is 0 Å². The molecule has 5 nitrogen and oxygen atoms in total. The van der Waals surface area contributed by atoms with Gasteiger partial charge in [0.15, 0.2) is 11.5 Å². The van der Waals surface area contributed by atoms with Gasteiger partial charge in [0.25, 0.3) is 0 Å². The first-order chi connectivity index (χ1) is 21.3. The van der Waals surface area contributed by atoms with Gasteiger partial charge < -0.3 is 24.6 Å². The highest BCUT2D eigenvalue weighted by Crippen LogP contribution is 2.45. The van der Waals surface area contributed by atoms with E-state index in [0.717, 1.165) is 66.2 Å². The van der Waals surface area contributed by atoms with Crippen LogP contribution in [0.15, 0.2) is 18.2 Å². The predicted octanol–water partition coefficient (Wildman–Crippen LogP) is 10.3. The van der Waals surface area contributed by atoms with Gasteiger partial charge in [-0.3, -0.25) is 0 Å². The van der Waals surface area contributed by atoms with E-state index in [-0.39, 0.29) is 5.60 Å². The van der Waals surface area contributed by atoms with Crippen LogP contribution in [-0.2, 0) is 19.4 Å². The lowest BCUT2D eigenvalue weighted by molar-refractivity contribution is 0.0520. The molecule has 2 aromatic rings.